The van der Waals surface area contributed by atoms with Crippen LogP contribution in [0.4, 0.5) is 22.7 Å². The fourth-order valence-corrected chi connectivity index (χ4v) is 2.89. The molecule has 0 saturated carbocycles. The fourth-order valence-electron chi connectivity index (χ4n) is 2.89. The fraction of sp³-hybridized carbons (Fsp3) is 0.400. The van der Waals surface area contributed by atoms with E-state index in [1.165, 1.54) is 11.4 Å². The Bertz CT molecular complexity index is 622. The lowest BCUT2D eigenvalue weighted by atomic mass is 10.1. The van der Waals surface area contributed by atoms with Crippen molar-refractivity contribution in [1.82, 2.24) is 0 Å². The van der Waals surface area contributed by atoms with Gasteiger partial charge in [-0.3, -0.25) is 0 Å². The number of likely N-dealkylation sites (N-methyl/N-ethyl adjacent to an activating group) is 2. The van der Waals surface area contributed by atoms with E-state index in [1.807, 2.05) is 12.1 Å². The van der Waals surface area contributed by atoms with Crippen LogP contribution >= 0.6 is 0 Å². The lowest BCUT2D eigenvalue weighted by Crippen LogP contribution is -2.35. The summed E-state index contributed by atoms with van der Waals surface area (Å²) in [7, 11) is 0. The molecule has 0 bridgehead atoms. The van der Waals surface area contributed by atoms with Crippen molar-refractivity contribution >= 4 is 22.7 Å². The normalized spacial score (nSPS) is 10.7. The molecule has 0 aliphatic carbocycles. The number of hydrogen-bond acceptors (Lipinski definition) is 4. The molecule has 2 aromatic rings. The first kappa shape index (κ1) is 18.0. The first-order chi connectivity index (χ1) is 11.5. The molecular formula is C20H30N4. The van der Waals surface area contributed by atoms with Crippen LogP contribution in [0.2, 0.25) is 0 Å². The molecule has 0 aliphatic rings. The number of benzene rings is 2. The molecule has 0 saturated heterocycles. The van der Waals surface area contributed by atoms with Gasteiger partial charge >= 0.3 is 0 Å². The molecule has 0 spiro atoms. The molecule has 0 aliphatic heterocycles. The molecule has 130 valence electrons. The van der Waals surface area contributed by atoms with Gasteiger partial charge in [-0.2, -0.15) is 0 Å². The second-order valence-electron chi connectivity index (χ2n) is 6.24. The van der Waals surface area contributed by atoms with Gasteiger partial charge in [-0.25, -0.2) is 0 Å². The number of nitrogens with two attached hydrogens (primary N) is 2. The Balaban J connectivity index is 2.09. The van der Waals surface area contributed by atoms with Gasteiger partial charge < -0.3 is 21.3 Å². The number of hydrogen-bond donors (Lipinski definition) is 2. The van der Waals surface area contributed by atoms with E-state index in [0.717, 1.165) is 48.7 Å². The highest BCUT2D eigenvalue weighted by atomic mass is 15.2. The van der Waals surface area contributed by atoms with Crippen molar-refractivity contribution in [3.8, 4) is 0 Å². The van der Waals surface area contributed by atoms with Gasteiger partial charge in [0.1, 0.15) is 0 Å². The third kappa shape index (κ3) is 4.13. The van der Waals surface area contributed by atoms with Crippen molar-refractivity contribution < 1.29 is 0 Å². The van der Waals surface area contributed by atoms with Crippen LogP contribution in [0.5, 0.6) is 0 Å². The zero-order valence-electron chi connectivity index (χ0n) is 15.3. The Labute approximate surface area is 146 Å². The van der Waals surface area contributed by atoms with Crippen LogP contribution in [0.25, 0.3) is 0 Å². The first-order valence-corrected chi connectivity index (χ1v) is 8.68. The van der Waals surface area contributed by atoms with Crippen LogP contribution in [0.1, 0.15) is 25.0 Å². The number of aryl methyl sites for hydroxylation is 2. The number of nitrogens with zero attached hydrogens (tertiary/aromatic N) is 2. The maximum absolute atomic E-state index is 5.94. The molecule has 4 heteroatoms. The summed E-state index contributed by atoms with van der Waals surface area (Å²) < 4.78 is 0. The highest BCUT2D eigenvalue weighted by molar-refractivity contribution is 5.59. The van der Waals surface area contributed by atoms with Gasteiger partial charge in [0, 0.05) is 48.9 Å². The summed E-state index contributed by atoms with van der Waals surface area (Å²) in [6.07, 6.45) is 0. The van der Waals surface area contributed by atoms with Gasteiger partial charge in [-0.15, -0.1) is 0 Å². The lowest BCUT2D eigenvalue weighted by Gasteiger charge is -2.29. The Morgan fingerprint density at radius 1 is 0.708 bits per heavy atom. The van der Waals surface area contributed by atoms with Crippen LogP contribution in [0.3, 0.4) is 0 Å². The summed E-state index contributed by atoms with van der Waals surface area (Å²) in [5, 5.41) is 0. The maximum Gasteiger partial charge on any atom is 0.0370 e. The molecular weight excluding hydrogens is 296 g/mol. The first-order valence-electron chi connectivity index (χ1n) is 8.68. The molecule has 2 rings (SSSR count). The van der Waals surface area contributed by atoms with Crippen molar-refractivity contribution in [3.63, 3.8) is 0 Å². The molecule has 0 amide bonds. The maximum atomic E-state index is 5.94. The van der Waals surface area contributed by atoms with E-state index in [0.29, 0.717) is 0 Å². The third-order valence-corrected chi connectivity index (χ3v) is 4.64. The van der Waals surface area contributed by atoms with Gasteiger partial charge in [0.05, 0.1) is 0 Å². The molecule has 0 atom stereocenters. The minimum absolute atomic E-state index is 0.849. The minimum atomic E-state index is 0.849. The summed E-state index contributed by atoms with van der Waals surface area (Å²) in [5.41, 5.74) is 18.3. The summed E-state index contributed by atoms with van der Waals surface area (Å²) in [6, 6.07) is 12.5. The molecule has 0 heterocycles. The second-order valence-corrected chi connectivity index (χ2v) is 6.24. The largest absolute Gasteiger partial charge is 0.399 e. The van der Waals surface area contributed by atoms with Crippen LogP contribution < -0.4 is 21.3 Å². The zero-order valence-corrected chi connectivity index (χ0v) is 15.3. The van der Waals surface area contributed by atoms with E-state index in [4.69, 9.17) is 11.5 Å². The molecule has 0 aromatic heterocycles. The van der Waals surface area contributed by atoms with Gasteiger partial charge in [-0.1, -0.05) is 0 Å². The van der Waals surface area contributed by atoms with Crippen molar-refractivity contribution in [1.29, 1.82) is 0 Å². The van der Waals surface area contributed by atoms with Gasteiger partial charge in [0.2, 0.25) is 0 Å². The van der Waals surface area contributed by atoms with Crippen LogP contribution in [0, 0.1) is 13.8 Å². The van der Waals surface area contributed by atoms with Crippen LogP contribution in [0.15, 0.2) is 36.4 Å². The van der Waals surface area contributed by atoms with Crippen molar-refractivity contribution in [3.05, 3.63) is 47.5 Å². The van der Waals surface area contributed by atoms with Gasteiger partial charge in [0.25, 0.3) is 0 Å². The van der Waals surface area contributed by atoms with E-state index in [1.54, 1.807) is 0 Å². The Hall–Kier alpha value is -2.36. The predicted octanol–water partition coefficient (Wildman–Crippen LogP) is 3.82. The smallest absolute Gasteiger partial charge is 0.0370 e. The Morgan fingerprint density at radius 3 is 1.38 bits per heavy atom. The lowest BCUT2D eigenvalue weighted by molar-refractivity contribution is 0.754. The van der Waals surface area contributed by atoms with Crippen LogP contribution in [-0.2, 0) is 0 Å². The quantitative estimate of drug-likeness (QED) is 0.759. The molecule has 2 aromatic carbocycles. The number of anilines is 4. The molecule has 4 N–H and O–H groups in total. The SMILES string of the molecule is CCN(CCN(CC)c1ccc(N)c(C)c1)c1ccc(N)c(C)c1. The van der Waals surface area contributed by atoms with Crippen molar-refractivity contribution in [2.45, 2.75) is 27.7 Å². The van der Waals surface area contributed by atoms with E-state index in [2.05, 4.69) is 61.8 Å². The standard InChI is InChI=1S/C20H30N4/c1-5-23(17-7-9-19(21)15(3)13-17)11-12-24(6-2)18-8-10-20(22)16(4)14-18/h7-10,13-14H,5-6,11-12,21-22H2,1-4H3. The Kier molecular flexibility index (Phi) is 5.96. The third-order valence-electron chi connectivity index (χ3n) is 4.64. The highest BCUT2D eigenvalue weighted by Gasteiger charge is 2.10. The zero-order chi connectivity index (χ0) is 17.7. The van der Waals surface area contributed by atoms with Gasteiger partial charge in [-0.05, 0) is 75.2 Å². The highest BCUT2D eigenvalue weighted by Crippen LogP contribution is 2.22. The molecule has 24 heavy (non-hydrogen) atoms. The molecule has 0 fully saturated rings. The second kappa shape index (κ2) is 7.95. The Morgan fingerprint density at radius 2 is 1.08 bits per heavy atom. The topological polar surface area (TPSA) is 58.5 Å². The summed E-state index contributed by atoms with van der Waals surface area (Å²) >= 11 is 0. The summed E-state index contributed by atoms with van der Waals surface area (Å²) in [6.45, 7) is 12.4. The van der Waals surface area contributed by atoms with Crippen molar-refractivity contribution in [2.24, 2.45) is 0 Å². The van der Waals surface area contributed by atoms with E-state index < -0.39 is 0 Å². The number of nitrogen functional groups attached to an aromatic ring is 2. The summed E-state index contributed by atoms with van der Waals surface area (Å²) in [5.74, 6) is 0. The van der Waals surface area contributed by atoms with Crippen LogP contribution in [-0.4, -0.2) is 26.2 Å². The molecule has 0 radical (unpaired) electrons. The number of rotatable bonds is 7. The van der Waals surface area contributed by atoms with E-state index >= 15 is 0 Å². The van der Waals surface area contributed by atoms with E-state index in [9.17, 15) is 0 Å². The average molecular weight is 326 g/mol. The molecule has 4 nitrogen and oxygen atoms in total. The minimum Gasteiger partial charge on any atom is -0.399 e. The summed E-state index contributed by atoms with van der Waals surface area (Å²) in [4.78, 5) is 4.78. The van der Waals surface area contributed by atoms with Crippen molar-refractivity contribution in [2.75, 3.05) is 47.4 Å². The monoisotopic (exact) mass is 326 g/mol. The van der Waals surface area contributed by atoms with Gasteiger partial charge in [0.15, 0.2) is 0 Å². The molecule has 0 unspecified atom stereocenters. The average Bonchev–Trinajstić information content (AvgIpc) is 2.57. The van der Waals surface area contributed by atoms with E-state index in [-0.39, 0.29) is 0 Å². The predicted molar refractivity (Wildman–Crippen MR) is 107 cm³/mol.